The second-order valence-corrected chi connectivity index (χ2v) is 8.55. The number of rotatable bonds is 6. The van der Waals surface area contributed by atoms with Crippen LogP contribution in [-0.4, -0.2) is 35.8 Å². The first kappa shape index (κ1) is 20.3. The molecule has 3 aromatic rings. The highest BCUT2D eigenvalue weighted by Crippen LogP contribution is 2.25. The molecule has 1 aromatic heterocycles. The number of carbonyl (C=O) groups excluding carboxylic acids is 2. The maximum Gasteiger partial charge on any atom is 0.255 e. The molecule has 0 spiro atoms. The summed E-state index contributed by atoms with van der Waals surface area (Å²) in [5.74, 6) is -0.270. The molecule has 2 N–H and O–H groups in total. The van der Waals surface area contributed by atoms with E-state index in [0.717, 1.165) is 19.5 Å². The zero-order valence-corrected chi connectivity index (χ0v) is 17.7. The van der Waals surface area contributed by atoms with E-state index in [9.17, 15) is 9.59 Å². The number of thiophene rings is 1. The molecule has 154 valence electrons. The number of carbonyl (C=O) groups is 2. The zero-order valence-electron chi connectivity index (χ0n) is 16.9. The lowest BCUT2D eigenvalue weighted by molar-refractivity contribution is 0.0932. The molecule has 1 aliphatic heterocycles. The second kappa shape index (κ2) is 9.24. The molecule has 0 aliphatic carbocycles. The molecule has 1 aliphatic rings. The quantitative estimate of drug-likeness (QED) is 0.630. The van der Waals surface area contributed by atoms with E-state index in [0.29, 0.717) is 23.4 Å². The third kappa shape index (κ3) is 4.78. The highest BCUT2D eigenvalue weighted by Gasteiger charge is 2.21. The number of nitrogens with zero attached hydrogens (tertiary/aromatic N) is 1. The summed E-state index contributed by atoms with van der Waals surface area (Å²) in [5.41, 5.74) is 3.26. The summed E-state index contributed by atoms with van der Waals surface area (Å²) in [6, 6.07) is 18.5. The molecule has 6 heteroatoms. The molecule has 2 heterocycles. The molecule has 1 atom stereocenters. The number of fused-ring (bicyclic) bond motifs is 1. The van der Waals surface area contributed by atoms with E-state index in [2.05, 4.69) is 33.9 Å². The molecular formula is C24H25N3O2S. The Balaban J connectivity index is 1.28. The normalized spacial score (nSPS) is 14.6. The molecular weight excluding hydrogens is 394 g/mol. The lowest BCUT2D eigenvalue weighted by atomic mass is 10.1. The zero-order chi connectivity index (χ0) is 20.9. The Morgan fingerprint density at radius 3 is 2.50 bits per heavy atom. The Hall–Kier alpha value is -2.96. The Kier molecular flexibility index (Phi) is 6.26. The van der Waals surface area contributed by atoms with Crippen LogP contribution in [0.5, 0.6) is 0 Å². The molecule has 0 saturated carbocycles. The van der Waals surface area contributed by atoms with Crippen molar-refractivity contribution >= 4 is 28.8 Å². The summed E-state index contributed by atoms with van der Waals surface area (Å²) in [5, 5.41) is 8.04. The Morgan fingerprint density at radius 1 is 1.00 bits per heavy atom. The molecule has 0 fully saturated rings. The van der Waals surface area contributed by atoms with Crippen molar-refractivity contribution < 1.29 is 9.59 Å². The van der Waals surface area contributed by atoms with Gasteiger partial charge in [0.1, 0.15) is 0 Å². The lowest BCUT2D eigenvalue weighted by Crippen LogP contribution is -2.44. The summed E-state index contributed by atoms with van der Waals surface area (Å²) in [6.07, 6.45) is 1.08. The number of hydrogen-bond donors (Lipinski definition) is 2. The average Bonchev–Trinajstić information content (AvgIpc) is 3.26. The van der Waals surface area contributed by atoms with E-state index in [4.69, 9.17) is 0 Å². The van der Waals surface area contributed by atoms with Crippen LogP contribution in [0.3, 0.4) is 0 Å². The molecule has 30 heavy (non-hydrogen) atoms. The van der Waals surface area contributed by atoms with Gasteiger partial charge in [0, 0.05) is 47.4 Å². The molecule has 4 rings (SSSR count). The molecule has 2 aromatic carbocycles. The van der Waals surface area contributed by atoms with Gasteiger partial charge >= 0.3 is 0 Å². The minimum Gasteiger partial charge on any atom is -0.350 e. The maximum atomic E-state index is 12.5. The largest absolute Gasteiger partial charge is 0.350 e. The van der Waals surface area contributed by atoms with Crippen LogP contribution in [0.15, 0.2) is 66.0 Å². The van der Waals surface area contributed by atoms with Crippen molar-refractivity contribution in [2.45, 2.75) is 25.9 Å². The fourth-order valence-corrected chi connectivity index (χ4v) is 4.51. The predicted molar refractivity (Wildman–Crippen MR) is 121 cm³/mol. The summed E-state index contributed by atoms with van der Waals surface area (Å²) < 4.78 is 0. The van der Waals surface area contributed by atoms with Gasteiger partial charge in [0.05, 0.1) is 0 Å². The number of hydrogen-bond acceptors (Lipinski definition) is 4. The standard InChI is InChI=1S/C24H25N3O2S/c1-17(27-13-11-22-20(16-27)12-14-30-22)15-25-23(28)19-7-9-21(10-8-19)26-24(29)18-5-3-2-4-6-18/h2-10,12,14,17H,11,13,15-16H2,1H3,(H,25,28)(H,26,29). The van der Waals surface area contributed by atoms with E-state index in [-0.39, 0.29) is 17.9 Å². The predicted octanol–water partition coefficient (Wildman–Crippen LogP) is 4.18. The van der Waals surface area contributed by atoms with Crippen LogP contribution in [0.2, 0.25) is 0 Å². The van der Waals surface area contributed by atoms with Crippen molar-refractivity contribution in [1.82, 2.24) is 10.2 Å². The molecule has 0 bridgehead atoms. The van der Waals surface area contributed by atoms with Crippen molar-refractivity contribution in [3.8, 4) is 0 Å². The summed E-state index contributed by atoms with van der Waals surface area (Å²) in [4.78, 5) is 28.7. The van der Waals surface area contributed by atoms with Crippen molar-refractivity contribution in [2.75, 3.05) is 18.4 Å². The fourth-order valence-electron chi connectivity index (χ4n) is 3.62. The van der Waals surface area contributed by atoms with Gasteiger partial charge < -0.3 is 10.6 Å². The van der Waals surface area contributed by atoms with Gasteiger partial charge in [0.25, 0.3) is 11.8 Å². The highest BCUT2D eigenvalue weighted by atomic mass is 32.1. The topological polar surface area (TPSA) is 61.4 Å². The molecule has 5 nitrogen and oxygen atoms in total. The molecule has 0 saturated heterocycles. The van der Waals surface area contributed by atoms with E-state index in [1.54, 1.807) is 36.4 Å². The summed E-state index contributed by atoms with van der Waals surface area (Å²) in [6.45, 7) is 4.73. The maximum absolute atomic E-state index is 12.5. The van der Waals surface area contributed by atoms with Crippen LogP contribution in [0.4, 0.5) is 5.69 Å². The Bertz CT molecular complexity index is 1010. The van der Waals surface area contributed by atoms with Gasteiger partial charge in [0.15, 0.2) is 0 Å². The van der Waals surface area contributed by atoms with Crippen molar-refractivity contribution in [2.24, 2.45) is 0 Å². The first-order valence-electron chi connectivity index (χ1n) is 10.1. The number of amides is 2. The minimum absolute atomic E-state index is 0.101. The van der Waals surface area contributed by atoms with Gasteiger partial charge in [-0.25, -0.2) is 0 Å². The lowest BCUT2D eigenvalue weighted by Gasteiger charge is -2.32. The van der Waals surface area contributed by atoms with Gasteiger partial charge in [-0.2, -0.15) is 0 Å². The Labute approximate surface area is 180 Å². The van der Waals surface area contributed by atoms with Crippen LogP contribution in [0, 0.1) is 0 Å². The van der Waals surface area contributed by atoms with Gasteiger partial charge in [-0.15, -0.1) is 11.3 Å². The van der Waals surface area contributed by atoms with Crippen LogP contribution in [0.25, 0.3) is 0 Å². The van der Waals surface area contributed by atoms with E-state index < -0.39 is 0 Å². The summed E-state index contributed by atoms with van der Waals surface area (Å²) >= 11 is 1.84. The minimum atomic E-state index is -0.170. The van der Waals surface area contributed by atoms with Crippen LogP contribution >= 0.6 is 11.3 Å². The van der Waals surface area contributed by atoms with E-state index in [1.165, 1.54) is 10.4 Å². The molecule has 2 amide bonds. The van der Waals surface area contributed by atoms with Crippen LogP contribution in [0.1, 0.15) is 38.1 Å². The van der Waals surface area contributed by atoms with E-state index >= 15 is 0 Å². The van der Waals surface area contributed by atoms with Crippen molar-refractivity contribution in [3.05, 3.63) is 87.6 Å². The Morgan fingerprint density at radius 2 is 1.73 bits per heavy atom. The monoisotopic (exact) mass is 419 g/mol. The summed E-state index contributed by atoms with van der Waals surface area (Å²) in [7, 11) is 0. The second-order valence-electron chi connectivity index (χ2n) is 7.55. The van der Waals surface area contributed by atoms with Crippen molar-refractivity contribution in [3.63, 3.8) is 0 Å². The third-order valence-electron chi connectivity index (χ3n) is 5.46. The number of anilines is 1. The number of nitrogens with one attached hydrogen (secondary N) is 2. The van der Waals surface area contributed by atoms with Crippen molar-refractivity contribution in [1.29, 1.82) is 0 Å². The van der Waals surface area contributed by atoms with Gasteiger partial charge in [-0.1, -0.05) is 18.2 Å². The average molecular weight is 420 g/mol. The molecule has 0 radical (unpaired) electrons. The van der Waals surface area contributed by atoms with Gasteiger partial charge in [-0.05, 0) is 66.8 Å². The van der Waals surface area contributed by atoms with E-state index in [1.807, 2.05) is 29.5 Å². The van der Waals surface area contributed by atoms with Gasteiger partial charge in [0.2, 0.25) is 0 Å². The van der Waals surface area contributed by atoms with Crippen LogP contribution < -0.4 is 10.6 Å². The highest BCUT2D eigenvalue weighted by molar-refractivity contribution is 7.10. The first-order chi connectivity index (χ1) is 14.6. The van der Waals surface area contributed by atoms with Crippen LogP contribution in [-0.2, 0) is 13.0 Å². The molecule has 1 unspecified atom stereocenters. The third-order valence-corrected chi connectivity index (χ3v) is 6.48. The number of benzene rings is 2. The smallest absolute Gasteiger partial charge is 0.255 e. The van der Waals surface area contributed by atoms with Gasteiger partial charge in [-0.3, -0.25) is 14.5 Å². The fraction of sp³-hybridized carbons (Fsp3) is 0.250. The SMILES string of the molecule is CC(CNC(=O)c1ccc(NC(=O)c2ccccc2)cc1)N1CCc2sccc2C1. The first-order valence-corrected chi connectivity index (χ1v) is 11.0.